The quantitative estimate of drug-likeness (QED) is 0.533. The number of hydrogen-bond acceptors (Lipinski definition) is 2. The van der Waals surface area contributed by atoms with Crippen molar-refractivity contribution >= 4 is 5.69 Å². The van der Waals surface area contributed by atoms with Crippen molar-refractivity contribution in [3.8, 4) is 0 Å². The molecule has 14 heavy (non-hydrogen) atoms. The van der Waals surface area contributed by atoms with Gasteiger partial charge in [-0.05, 0) is 18.6 Å². The Balaban J connectivity index is 0.000000500. The highest BCUT2D eigenvalue weighted by Crippen LogP contribution is 2.17. The summed E-state index contributed by atoms with van der Waals surface area (Å²) in [5.74, 6) is 0. The van der Waals surface area contributed by atoms with Crippen LogP contribution in [0.25, 0.3) is 0 Å². The van der Waals surface area contributed by atoms with E-state index in [1.165, 1.54) is 11.4 Å². The van der Waals surface area contributed by atoms with Crippen LogP contribution in [0.3, 0.4) is 0 Å². The van der Waals surface area contributed by atoms with E-state index in [2.05, 4.69) is 19.1 Å². The molecule has 0 radical (unpaired) electrons. The van der Waals surface area contributed by atoms with Gasteiger partial charge in [0.25, 0.3) is 0 Å². The van der Waals surface area contributed by atoms with Crippen LogP contribution >= 0.6 is 0 Å². The van der Waals surface area contributed by atoms with E-state index in [-0.39, 0.29) is 0 Å². The van der Waals surface area contributed by atoms with Gasteiger partial charge in [-0.3, -0.25) is 0 Å². The van der Waals surface area contributed by atoms with Gasteiger partial charge in [0.05, 0.1) is 11.0 Å². The lowest BCUT2D eigenvalue weighted by molar-refractivity contribution is 0.995. The Kier molecular flexibility index (Phi) is 6.37. The van der Waals surface area contributed by atoms with Crippen molar-refractivity contribution < 1.29 is 0 Å². The molecule has 0 bridgehead atoms. The standard InChI is InChI=1S/C8H10N2O.C3H8/c1-7-5-3-4-6-8(7)10(2)9-11;1-3-2/h3-6H,1-2H3;3H2,1-2H3. The summed E-state index contributed by atoms with van der Waals surface area (Å²) in [5.41, 5.74) is 1.90. The van der Waals surface area contributed by atoms with Gasteiger partial charge in [0.15, 0.2) is 0 Å². The molecule has 0 atom stereocenters. The van der Waals surface area contributed by atoms with Crippen LogP contribution in [-0.4, -0.2) is 7.05 Å². The summed E-state index contributed by atoms with van der Waals surface area (Å²) in [5, 5.41) is 4.12. The molecule has 0 heterocycles. The molecule has 3 heteroatoms. The molecule has 1 aromatic rings. The first-order chi connectivity index (χ1) is 6.67. The fourth-order valence-electron chi connectivity index (χ4n) is 0.970. The summed E-state index contributed by atoms with van der Waals surface area (Å²) in [6.45, 7) is 6.19. The molecule has 0 saturated heterocycles. The molecule has 0 saturated carbocycles. The van der Waals surface area contributed by atoms with E-state index in [1.54, 1.807) is 7.05 Å². The van der Waals surface area contributed by atoms with Crippen LogP contribution in [0.5, 0.6) is 0 Å². The highest BCUT2D eigenvalue weighted by molar-refractivity contribution is 5.51. The van der Waals surface area contributed by atoms with Gasteiger partial charge in [-0.1, -0.05) is 38.5 Å². The summed E-state index contributed by atoms with van der Waals surface area (Å²) in [6.07, 6.45) is 1.25. The molecule has 0 amide bonds. The molecule has 0 N–H and O–H groups in total. The molecule has 0 aliphatic carbocycles. The van der Waals surface area contributed by atoms with Crippen molar-refractivity contribution in [1.82, 2.24) is 0 Å². The normalized spacial score (nSPS) is 8.57. The highest BCUT2D eigenvalue weighted by Gasteiger charge is 2.00. The Bertz CT molecular complexity index is 274. The first kappa shape index (κ1) is 12.6. The maximum Gasteiger partial charge on any atom is 0.0652 e. The van der Waals surface area contributed by atoms with Crippen LogP contribution in [0.1, 0.15) is 25.8 Å². The van der Waals surface area contributed by atoms with E-state index in [0.717, 1.165) is 11.3 Å². The number of nitroso groups, excluding NO2 is 1. The minimum atomic E-state index is 0.850. The van der Waals surface area contributed by atoms with Crippen molar-refractivity contribution in [3.05, 3.63) is 34.7 Å². The van der Waals surface area contributed by atoms with E-state index in [1.807, 2.05) is 31.2 Å². The molecular formula is C11H18N2O. The zero-order chi connectivity index (χ0) is 11.0. The molecule has 0 fully saturated rings. The maximum absolute atomic E-state index is 10.1. The second kappa shape index (κ2) is 7.06. The monoisotopic (exact) mass is 194 g/mol. The highest BCUT2D eigenvalue weighted by atomic mass is 16.3. The SMILES string of the molecule is CCC.Cc1ccccc1N(C)N=O. The van der Waals surface area contributed by atoms with Gasteiger partial charge < -0.3 is 0 Å². The van der Waals surface area contributed by atoms with E-state index < -0.39 is 0 Å². The Morgan fingerprint density at radius 1 is 1.29 bits per heavy atom. The second-order valence-corrected chi connectivity index (χ2v) is 3.10. The lowest BCUT2D eigenvalue weighted by atomic mass is 10.2. The average Bonchev–Trinajstić information content (AvgIpc) is 2.19. The van der Waals surface area contributed by atoms with E-state index in [9.17, 15) is 4.91 Å². The predicted octanol–water partition coefficient (Wildman–Crippen LogP) is 3.53. The molecule has 1 rings (SSSR count). The summed E-state index contributed by atoms with van der Waals surface area (Å²) in [4.78, 5) is 10.1. The zero-order valence-electron chi connectivity index (χ0n) is 9.32. The first-order valence-corrected chi connectivity index (χ1v) is 4.79. The fourth-order valence-corrected chi connectivity index (χ4v) is 0.970. The van der Waals surface area contributed by atoms with Gasteiger partial charge in [0, 0.05) is 7.05 Å². The maximum atomic E-state index is 10.1. The van der Waals surface area contributed by atoms with Gasteiger partial charge in [-0.15, -0.1) is 4.91 Å². The molecule has 0 unspecified atom stereocenters. The van der Waals surface area contributed by atoms with E-state index in [4.69, 9.17) is 0 Å². The van der Waals surface area contributed by atoms with E-state index in [0.29, 0.717) is 0 Å². The van der Waals surface area contributed by atoms with Crippen LogP contribution in [0.2, 0.25) is 0 Å². The van der Waals surface area contributed by atoms with Gasteiger partial charge in [0.1, 0.15) is 0 Å². The third-order valence-corrected chi connectivity index (χ3v) is 1.59. The van der Waals surface area contributed by atoms with Crippen LogP contribution in [-0.2, 0) is 0 Å². The summed E-state index contributed by atoms with van der Waals surface area (Å²) >= 11 is 0. The molecule has 0 aliphatic rings. The van der Waals surface area contributed by atoms with Crippen molar-refractivity contribution in [2.75, 3.05) is 12.1 Å². The van der Waals surface area contributed by atoms with Gasteiger partial charge in [-0.25, -0.2) is 5.01 Å². The van der Waals surface area contributed by atoms with Crippen LogP contribution < -0.4 is 5.01 Å². The Labute approximate surface area is 85.7 Å². The first-order valence-electron chi connectivity index (χ1n) is 4.79. The lowest BCUT2D eigenvalue weighted by Crippen LogP contribution is -2.07. The van der Waals surface area contributed by atoms with E-state index >= 15 is 0 Å². The molecule has 78 valence electrons. The molecule has 0 aliphatic heterocycles. The zero-order valence-corrected chi connectivity index (χ0v) is 9.32. The Morgan fingerprint density at radius 3 is 2.21 bits per heavy atom. The Morgan fingerprint density at radius 2 is 1.79 bits per heavy atom. The number of anilines is 1. The lowest BCUT2D eigenvalue weighted by Gasteiger charge is -2.10. The van der Waals surface area contributed by atoms with Gasteiger partial charge >= 0.3 is 0 Å². The summed E-state index contributed by atoms with van der Waals surface area (Å²) in [7, 11) is 1.63. The number of benzene rings is 1. The fraction of sp³-hybridized carbons (Fsp3) is 0.455. The van der Waals surface area contributed by atoms with Crippen LogP contribution in [0.4, 0.5) is 5.69 Å². The van der Waals surface area contributed by atoms with Crippen LogP contribution in [0.15, 0.2) is 29.6 Å². The minimum absolute atomic E-state index is 0.850. The molecule has 3 nitrogen and oxygen atoms in total. The number of nitrogens with zero attached hydrogens (tertiary/aromatic N) is 2. The molecule has 0 spiro atoms. The number of hydrogen-bond donors (Lipinski definition) is 0. The topological polar surface area (TPSA) is 32.7 Å². The minimum Gasteiger partial charge on any atom is -0.232 e. The molecular weight excluding hydrogens is 176 g/mol. The number of para-hydroxylation sites is 1. The van der Waals surface area contributed by atoms with Crippen molar-refractivity contribution in [2.45, 2.75) is 27.2 Å². The summed E-state index contributed by atoms with van der Waals surface area (Å²) in [6, 6.07) is 7.61. The second-order valence-electron chi connectivity index (χ2n) is 3.10. The molecule has 1 aromatic carbocycles. The van der Waals surface area contributed by atoms with Crippen molar-refractivity contribution in [3.63, 3.8) is 0 Å². The predicted molar refractivity (Wildman–Crippen MR) is 61.3 cm³/mol. The third-order valence-electron chi connectivity index (χ3n) is 1.59. The molecule has 0 aromatic heterocycles. The average molecular weight is 194 g/mol. The Hall–Kier alpha value is -1.38. The number of rotatable bonds is 2. The van der Waals surface area contributed by atoms with Crippen molar-refractivity contribution in [1.29, 1.82) is 0 Å². The van der Waals surface area contributed by atoms with Crippen LogP contribution in [0, 0.1) is 11.8 Å². The summed E-state index contributed by atoms with van der Waals surface area (Å²) < 4.78 is 0. The van der Waals surface area contributed by atoms with Gasteiger partial charge in [0.2, 0.25) is 0 Å². The third kappa shape index (κ3) is 4.03. The smallest absolute Gasteiger partial charge is 0.0652 e. The van der Waals surface area contributed by atoms with Gasteiger partial charge in [-0.2, -0.15) is 0 Å². The van der Waals surface area contributed by atoms with Crippen molar-refractivity contribution in [2.24, 2.45) is 5.29 Å². The largest absolute Gasteiger partial charge is 0.232 e. The number of aryl methyl sites for hydroxylation is 1.